The van der Waals surface area contributed by atoms with Gasteiger partial charge in [-0.3, -0.25) is 9.59 Å². The predicted octanol–water partition coefficient (Wildman–Crippen LogP) is 2.57. The molecular formula is C19H22N4O4S. The zero-order valence-electron chi connectivity index (χ0n) is 15.6. The Labute approximate surface area is 166 Å². The molecule has 2 N–H and O–H groups in total. The maximum atomic E-state index is 12.5. The second-order valence-corrected chi connectivity index (χ2v) is 7.28. The molecule has 8 nitrogen and oxygen atoms in total. The average Bonchev–Trinajstić information content (AvgIpc) is 3.38. The highest BCUT2D eigenvalue weighted by Gasteiger charge is 2.21. The average molecular weight is 402 g/mol. The van der Waals surface area contributed by atoms with Gasteiger partial charge in [0.05, 0.1) is 16.9 Å². The molecule has 148 valence electrons. The van der Waals surface area contributed by atoms with Crippen molar-refractivity contribution in [3.63, 3.8) is 0 Å². The number of nitrogens with one attached hydrogen (secondary N) is 2. The first-order valence-corrected chi connectivity index (χ1v) is 10.0. The second kappa shape index (κ2) is 9.41. The lowest BCUT2D eigenvalue weighted by molar-refractivity contribution is -0.119. The van der Waals surface area contributed by atoms with Crippen LogP contribution in [0.4, 0.5) is 5.69 Å². The standard InChI is InChI=1S/C19H22N4O4S/c1-2-14-17(28-23-22-14)19(26)27-11-16(24)21-15-10-6-5-9-13(15)18(25)20-12-7-3-4-8-12/h5-6,9-10,12H,2-4,7-8,11H2,1H3,(H,20,25)(H,21,24). The van der Waals surface area contributed by atoms with E-state index in [4.69, 9.17) is 4.74 Å². The number of anilines is 1. The van der Waals surface area contributed by atoms with E-state index in [2.05, 4.69) is 20.2 Å². The third kappa shape index (κ3) is 4.92. The van der Waals surface area contributed by atoms with Crippen molar-refractivity contribution in [1.82, 2.24) is 14.9 Å². The Bertz CT molecular complexity index is 861. The molecule has 0 aliphatic heterocycles. The molecule has 1 saturated carbocycles. The number of amides is 2. The molecule has 1 aliphatic carbocycles. The SMILES string of the molecule is CCc1nnsc1C(=O)OCC(=O)Nc1ccccc1C(=O)NC1CCCC1. The zero-order chi connectivity index (χ0) is 19.9. The van der Waals surface area contributed by atoms with Gasteiger partial charge in [-0.1, -0.05) is 36.4 Å². The molecule has 0 saturated heterocycles. The Morgan fingerprint density at radius 3 is 2.71 bits per heavy atom. The minimum absolute atomic E-state index is 0.179. The lowest BCUT2D eigenvalue weighted by atomic mass is 10.1. The van der Waals surface area contributed by atoms with Crippen LogP contribution in [0.1, 0.15) is 58.3 Å². The summed E-state index contributed by atoms with van der Waals surface area (Å²) in [5.41, 5.74) is 1.31. The first kappa shape index (κ1) is 19.9. The van der Waals surface area contributed by atoms with Crippen LogP contribution in [0.25, 0.3) is 0 Å². The van der Waals surface area contributed by atoms with Gasteiger partial charge in [-0.25, -0.2) is 4.79 Å². The summed E-state index contributed by atoms with van der Waals surface area (Å²) < 4.78 is 8.78. The summed E-state index contributed by atoms with van der Waals surface area (Å²) in [6.07, 6.45) is 4.73. The van der Waals surface area contributed by atoms with Gasteiger partial charge in [0.2, 0.25) is 0 Å². The van der Waals surface area contributed by atoms with E-state index in [9.17, 15) is 14.4 Å². The van der Waals surface area contributed by atoms with E-state index < -0.39 is 18.5 Å². The molecule has 1 aromatic heterocycles. The number of benzene rings is 1. The fraction of sp³-hybridized carbons (Fsp3) is 0.421. The van der Waals surface area contributed by atoms with Crippen molar-refractivity contribution in [3.8, 4) is 0 Å². The first-order chi connectivity index (χ1) is 13.6. The lowest BCUT2D eigenvalue weighted by Crippen LogP contribution is -2.33. The quantitative estimate of drug-likeness (QED) is 0.689. The van der Waals surface area contributed by atoms with Gasteiger partial charge in [-0.05, 0) is 42.9 Å². The summed E-state index contributed by atoms with van der Waals surface area (Å²) in [6.45, 7) is 1.40. The van der Waals surface area contributed by atoms with E-state index in [1.807, 2.05) is 6.92 Å². The summed E-state index contributed by atoms with van der Waals surface area (Å²) in [7, 11) is 0. The van der Waals surface area contributed by atoms with Crippen LogP contribution in [0.15, 0.2) is 24.3 Å². The Hall–Kier alpha value is -2.81. The Kier molecular flexibility index (Phi) is 6.70. The fourth-order valence-electron chi connectivity index (χ4n) is 3.10. The Morgan fingerprint density at radius 1 is 1.21 bits per heavy atom. The van der Waals surface area contributed by atoms with Gasteiger partial charge in [-0.2, -0.15) is 0 Å². The Balaban J connectivity index is 1.58. The first-order valence-electron chi connectivity index (χ1n) is 9.26. The summed E-state index contributed by atoms with van der Waals surface area (Å²) >= 11 is 0.939. The van der Waals surface area contributed by atoms with Crippen LogP contribution in [-0.4, -0.2) is 40.0 Å². The van der Waals surface area contributed by atoms with Gasteiger partial charge in [0.1, 0.15) is 0 Å². The molecule has 3 rings (SSSR count). The molecule has 9 heteroatoms. The number of carbonyl (C=O) groups is 3. The molecule has 2 aromatic rings. The van der Waals surface area contributed by atoms with E-state index in [0.29, 0.717) is 28.2 Å². The number of ether oxygens (including phenoxy) is 1. The topological polar surface area (TPSA) is 110 Å². The number of para-hydroxylation sites is 1. The number of hydrogen-bond donors (Lipinski definition) is 2. The monoisotopic (exact) mass is 402 g/mol. The molecule has 0 spiro atoms. The zero-order valence-corrected chi connectivity index (χ0v) is 16.4. The molecule has 0 bridgehead atoms. The van der Waals surface area contributed by atoms with Crippen molar-refractivity contribution >= 4 is 35.0 Å². The molecule has 1 aromatic carbocycles. The Morgan fingerprint density at radius 2 is 1.96 bits per heavy atom. The van der Waals surface area contributed by atoms with E-state index in [0.717, 1.165) is 37.2 Å². The van der Waals surface area contributed by atoms with Gasteiger partial charge >= 0.3 is 5.97 Å². The minimum atomic E-state index is -0.630. The van der Waals surface area contributed by atoms with Gasteiger partial charge in [0, 0.05) is 6.04 Å². The molecule has 1 fully saturated rings. The molecule has 0 radical (unpaired) electrons. The van der Waals surface area contributed by atoms with Crippen molar-refractivity contribution < 1.29 is 19.1 Å². The van der Waals surface area contributed by atoms with E-state index in [1.165, 1.54) is 0 Å². The number of aromatic nitrogens is 2. The third-order valence-corrected chi connectivity index (χ3v) is 5.29. The number of aryl methyl sites for hydroxylation is 1. The summed E-state index contributed by atoms with van der Waals surface area (Å²) in [4.78, 5) is 37.1. The summed E-state index contributed by atoms with van der Waals surface area (Å²) in [5, 5.41) is 9.49. The number of carbonyl (C=O) groups excluding carboxylic acids is 3. The van der Waals surface area contributed by atoms with Crippen LogP contribution in [0.5, 0.6) is 0 Å². The van der Waals surface area contributed by atoms with E-state index in [-0.39, 0.29) is 11.9 Å². The minimum Gasteiger partial charge on any atom is -0.451 e. The maximum Gasteiger partial charge on any atom is 0.352 e. The summed E-state index contributed by atoms with van der Waals surface area (Å²) in [6, 6.07) is 6.94. The molecule has 2 amide bonds. The van der Waals surface area contributed by atoms with Crippen molar-refractivity contribution in [2.24, 2.45) is 0 Å². The fourth-order valence-corrected chi connectivity index (χ4v) is 3.75. The normalized spacial score (nSPS) is 13.9. The summed E-state index contributed by atoms with van der Waals surface area (Å²) in [5.74, 6) is -1.37. The van der Waals surface area contributed by atoms with Crippen molar-refractivity contribution in [1.29, 1.82) is 0 Å². The highest BCUT2D eigenvalue weighted by Crippen LogP contribution is 2.20. The van der Waals surface area contributed by atoms with Crippen LogP contribution in [0, 0.1) is 0 Å². The third-order valence-electron chi connectivity index (χ3n) is 4.55. The van der Waals surface area contributed by atoms with Gasteiger partial charge < -0.3 is 15.4 Å². The molecule has 1 heterocycles. The van der Waals surface area contributed by atoms with Crippen LogP contribution in [0.3, 0.4) is 0 Å². The van der Waals surface area contributed by atoms with Crippen molar-refractivity contribution in [3.05, 3.63) is 40.4 Å². The van der Waals surface area contributed by atoms with Crippen molar-refractivity contribution in [2.45, 2.75) is 45.1 Å². The molecule has 1 aliphatic rings. The van der Waals surface area contributed by atoms with Crippen LogP contribution in [-0.2, 0) is 16.0 Å². The largest absolute Gasteiger partial charge is 0.451 e. The number of nitrogens with zero attached hydrogens (tertiary/aromatic N) is 2. The molecular weight excluding hydrogens is 380 g/mol. The van der Waals surface area contributed by atoms with Crippen molar-refractivity contribution in [2.75, 3.05) is 11.9 Å². The molecule has 0 unspecified atom stereocenters. The van der Waals surface area contributed by atoms with E-state index in [1.54, 1.807) is 24.3 Å². The number of esters is 1. The van der Waals surface area contributed by atoms with Crippen LogP contribution < -0.4 is 10.6 Å². The lowest BCUT2D eigenvalue weighted by Gasteiger charge is -2.15. The van der Waals surface area contributed by atoms with Gasteiger partial charge in [-0.15, -0.1) is 5.10 Å². The smallest absolute Gasteiger partial charge is 0.352 e. The number of hydrogen-bond acceptors (Lipinski definition) is 7. The number of rotatable bonds is 7. The second-order valence-electron chi connectivity index (χ2n) is 6.53. The highest BCUT2D eigenvalue weighted by atomic mass is 32.1. The van der Waals surface area contributed by atoms with E-state index >= 15 is 0 Å². The van der Waals surface area contributed by atoms with Gasteiger partial charge in [0.15, 0.2) is 11.5 Å². The van der Waals surface area contributed by atoms with Crippen LogP contribution >= 0.6 is 11.5 Å². The molecule has 28 heavy (non-hydrogen) atoms. The highest BCUT2D eigenvalue weighted by molar-refractivity contribution is 7.07. The van der Waals surface area contributed by atoms with Gasteiger partial charge in [0.25, 0.3) is 11.8 Å². The predicted molar refractivity (Wildman–Crippen MR) is 104 cm³/mol. The molecule has 0 atom stereocenters. The van der Waals surface area contributed by atoms with Crippen LogP contribution in [0.2, 0.25) is 0 Å². The maximum absolute atomic E-state index is 12.5.